The van der Waals surface area contributed by atoms with E-state index in [0.29, 0.717) is 29.7 Å². The van der Waals surface area contributed by atoms with Gasteiger partial charge in [0.05, 0.1) is 30.6 Å². The van der Waals surface area contributed by atoms with Crippen LogP contribution in [0.1, 0.15) is 17.1 Å². The molecule has 0 aliphatic rings. The monoisotopic (exact) mass is 435 g/mol. The molecule has 162 valence electrons. The number of nitrogens with zero attached hydrogens (tertiary/aromatic N) is 7. The van der Waals surface area contributed by atoms with Crippen LogP contribution in [0.3, 0.4) is 0 Å². The minimum atomic E-state index is -3.39. The highest BCUT2D eigenvalue weighted by molar-refractivity contribution is 5.84. The van der Waals surface area contributed by atoms with E-state index in [1.165, 1.54) is 12.1 Å². The van der Waals surface area contributed by atoms with E-state index in [0.717, 1.165) is 15.6 Å². The van der Waals surface area contributed by atoms with Gasteiger partial charge in [0, 0.05) is 41.6 Å². The number of hydrogen-bond acceptors (Lipinski definition) is 6. The zero-order chi connectivity index (χ0) is 22.3. The smallest absolute Gasteiger partial charge is 0.333 e. The van der Waals surface area contributed by atoms with Crippen molar-refractivity contribution in [2.24, 2.45) is 0 Å². The maximum atomic E-state index is 15.4. The van der Waals surface area contributed by atoms with Crippen LogP contribution < -0.4 is 0 Å². The zero-order valence-electron chi connectivity index (χ0n) is 17.4. The number of benzene rings is 1. The number of ether oxygens (including phenoxy) is 1. The first kappa shape index (κ1) is 20.1. The number of pyridine rings is 1. The molecule has 0 aliphatic heterocycles. The van der Waals surface area contributed by atoms with Crippen molar-refractivity contribution in [3.8, 4) is 11.1 Å². The fourth-order valence-electron chi connectivity index (χ4n) is 3.51. The van der Waals surface area contributed by atoms with Gasteiger partial charge in [-0.1, -0.05) is 6.07 Å². The lowest BCUT2D eigenvalue weighted by atomic mass is 10.0. The lowest BCUT2D eigenvalue weighted by molar-refractivity contribution is 0.0307. The van der Waals surface area contributed by atoms with Crippen molar-refractivity contribution in [1.29, 1.82) is 0 Å². The Hall–Kier alpha value is -3.79. The van der Waals surface area contributed by atoms with E-state index in [1.807, 2.05) is 12.3 Å². The van der Waals surface area contributed by atoms with E-state index >= 15 is 8.78 Å². The van der Waals surface area contributed by atoms with Crippen LogP contribution in [0.15, 0.2) is 55.0 Å². The number of halogens is 2. The molecule has 0 N–H and O–H groups in total. The molecule has 0 spiro atoms. The van der Waals surface area contributed by atoms with Crippen molar-refractivity contribution in [1.82, 2.24) is 34.6 Å². The summed E-state index contributed by atoms with van der Waals surface area (Å²) in [6.07, 6.45) is 5.29. The van der Waals surface area contributed by atoms with Gasteiger partial charge in [-0.3, -0.25) is 9.67 Å². The van der Waals surface area contributed by atoms with Gasteiger partial charge in [-0.05, 0) is 37.3 Å². The molecular weight excluding hydrogens is 416 g/mol. The first-order valence-corrected chi connectivity index (χ1v) is 9.95. The van der Waals surface area contributed by atoms with Crippen LogP contribution in [0.4, 0.5) is 8.78 Å². The number of hydrogen-bond donors (Lipinski definition) is 0. The Bertz CT molecular complexity index is 1430. The molecule has 0 unspecified atom stereocenters. The largest absolute Gasteiger partial charge is 0.383 e. The minimum Gasteiger partial charge on any atom is -0.383 e. The number of methoxy groups -OCH3 is 1. The SMILES string of the molecule is COCCn1cc(-c2cnc3ccc(C(F)(F)c4nnc5ccc(C)nn45)cc3c2)cn1. The van der Waals surface area contributed by atoms with Crippen molar-refractivity contribution in [3.05, 3.63) is 72.1 Å². The molecule has 0 fully saturated rings. The maximum absolute atomic E-state index is 15.4. The Morgan fingerprint density at radius 3 is 2.75 bits per heavy atom. The molecule has 0 saturated heterocycles. The maximum Gasteiger partial charge on any atom is 0.333 e. The van der Waals surface area contributed by atoms with E-state index < -0.39 is 11.7 Å². The molecule has 4 aromatic heterocycles. The summed E-state index contributed by atoms with van der Waals surface area (Å²) >= 11 is 0. The third kappa shape index (κ3) is 3.48. The highest BCUT2D eigenvalue weighted by atomic mass is 19.3. The summed E-state index contributed by atoms with van der Waals surface area (Å²) in [5.74, 6) is -3.92. The zero-order valence-corrected chi connectivity index (χ0v) is 17.4. The van der Waals surface area contributed by atoms with Crippen molar-refractivity contribution in [2.75, 3.05) is 13.7 Å². The summed E-state index contributed by atoms with van der Waals surface area (Å²) in [6.45, 7) is 2.89. The Morgan fingerprint density at radius 1 is 1.03 bits per heavy atom. The molecule has 4 heterocycles. The van der Waals surface area contributed by atoms with Crippen molar-refractivity contribution >= 4 is 16.6 Å². The highest BCUT2D eigenvalue weighted by Gasteiger charge is 2.40. The summed E-state index contributed by atoms with van der Waals surface area (Å²) in [5.41, 5.74) is 2.88. The molecule has 32 heavy (non-hydrogen) atoms. The normalized spacial score (nSPS) is 12.1. The average Bonchev–Trinajstić information content (AvgIpc) is 3.44. The van der Waals surface area contributed by atoms with Gasteiger partial charge < -0.3 is 4.74 Å². The Balaban J connectivity index is 1.54. The van der Waals surface area contributed by atoms with Gasteiger partial charge in [0.25, 0.3) is 0 Å². The molecule has 5 aromatic rings. The third-order valence-corrected chi connectivity index (χ3v) is 5.21. The number of alkyl halides is 2. The molecule has 0 saturated carbocycles. The summed E-state index contributed by atoms with van der Waals surface area (Å²) in [6, 6.07) is 9.49. The molecule has 0 aliphatic carbocycles. The minimum absolute atomic E-state index is 0.211. The molecule has 1 aromatic carbocycles. The first-order valence-electron chi connectivity index (χ1n) is 9.95. The molecule has 0 atom stereocenters. The van der Waals surface area contributed by atoms with E-state index in [2.05, 4.69) is 25.4 Å². The first-order chi connectivity index (χ1) is 15.5. The predicted molar refractivity (Wildman–Crippen MR) is 113 cm³/mol. The lowest BCUT2D eigenvalue weighted by Crippen LogP contribution is -2.20. The summed E-state index contributed by atoms with van der Waals surface area (Å²) in [7, 11) is 1.63. The second kappa shape index (κ2) is 7.72. The molecular formula is C22H19F2N7O. The second-order valence-corrected chi connectivity index (χ2v) is 7.46. The summed E-state index contributed by atoms with van der Waals surface area (Å²) in [5, 5.41) is 16.6. The molecule has 0 radical (unpaired) electrons. The fourth-order valence-corrected chi connectivity index (χ4v) is 3.51. The van der Waals surface area contributed by atoms with Gasteiger partial charge >= 0.3 is 5.92 Å². The standard InChI is InChI=1S/C22H19F2N7O/c1-14-3-6-20-27-28-21(31(20)29-14)22(23,24)18-4-5-19-15(10-18)9-16(11-25-19)17-12-26-30(13-17)7-8-32-2/h3-6,9-13H,7-8H2,1-2H3. The van der Waals surface area contributed by atoms with Crippen LogP contribution in [-0.4, -0.2) is 48.3 Å². The van der Waals surface area contributed by atoms with Crippen LogP contribution >= 0.6 is 0 Å². The van der Waals surface area contributed by atoms with Gasteiger partial charge in [-0.15, -0.1) is 10.2 Å². The molecule has 5 rings (SSSR count). The van der Waals surface area contributed by atoms with Crippen LogP contribution in [0.2, 0.25) is 0 Å². The van der Waals surface area contributed by atoms with Crippen molar-refractivity contribution in [3.63, 3.8) is 0 Å². The van der Waals surface area contributed by atoms with Gasteiger partial charge in [0.1, 0.15) is 0 Å². The van der Waals surface area contributed by atoms with Gasteiger partial charge in [0.15, 0.2) is 5.65 Å². The number of aromatic nitrogens is 7. The quantitative estimate of drug-likeness (QED) is 0.405. The summed E-state index contributed by atoms with van der Waals surface area (Å²) < 4.78 is 38.8. The van der Waals surface area contributed by atoms with Crippen LogP contribution in [-0.2, 0) is 17.2 Å². The summed E-state index contributed by atoms with van der Waals surface area (Å²) in [4.78, 5) is 4.42. The number of fused-ring (bicyclic) bond motifs is 2. The van der Waals surface area contributed by atoms with E-state index in [9.17, 15) is 0 Å². The Morgan fingerprint density at radius 2 is 1.91 bits per heavy atom. The third-order valence-electron chi connectivity index (χ3n) is 5.21. The van der Waals surface area contributed by atoms with Crippen molar-refractivity contribution < 1.29 is 13.5 Å². The van der Waals surface area contributed by atoms with E-state index in [1.54, 1.807) is 49.3 Å². The fraction of sp³-hybridized carbons (Fsp3) is 0.227. The van der Waals surface area contributed by atoms with Crippen LogP contribution in [0.5, 0.6) is 0 Å². The lowest BCUT2D eigenvalue weighted by Gasteiger charge is -2.15. The Labute approximate surface area is 181 Å². The molecule has 10 heteroatoms. The molecule has 0 bridgehead atoms. The van der Waals surface area contributed by atoms with Crippen LogP contribution in [0.25, 0.3) is 27.7 Å². The van der Waals surface area contributed by atoms with Crippen molar-refractivity contribution in [2.45, 2.75) is 19.4 Å². The Kier molecular flexibility index (Phi) is 4.86. The van der Waals surface area contributed by atoms with E-state index in [4.69, 9.17) is 4.74 Å². The highest BCUT2D eigenvalue weighted by Crippen LogP contribution is 2.36. The van der Waals surface area contributed by atoms with Gasteiger partial charge in [-0.2, -0.15) is 23.5 Å². The van der Waals surface area contributed by atoms with Crippen LogP contribution in [0, 0.1) is 6.92 Å². The molecule has 0 amide bonds. The van der Waals surface area contributed by atoms with E-state index in [-0.39, 0.29) is 11.2 Å². The molecule has 8 nitrogen and oxygen atoms in total. The number of aryl methyl sites for hydroxylation is 1. The van der Waals surface area contributed by atoms with Gasteiger partial charge in [0.2, 0.25) is 5.82 Å². The van der Waals surface area contributed by atoms with Gasteiger partial charge in [-0.25, -0.2) is 0 Å². The topological polar surface area (TPSA) is 83.0 Å². The second-order valence-electron chi connectivity index (χ2n) is 7.46. The predicted octanol–water partition coefficient (Wildman–Crippen LogP) is 3.63. The number of rotatable bonds is 6. The average molecular weight is 435 g/mol.